The van der Waals surface area contributed by atoms with Gasteiger partial charge < -0.3 is 31.1 Å². The number of carbonyl (C=O) groups is 5. The van der Waals surface area contributed by atoms with Crippen LogP contribution in [0.4, 0.5) is 5.69 Å². The molecule has 2 aromatic rings. The lowest BCUT2D eigenvalue weighted by Gasteiger charge is -2.56. The maximum atomic E-state index is 14.2. The lowest BCUT2D eigenvalue weighted by molar-refractivity contribution is -0.196. The molecule has 46 heavy (non-hydrogen) atoms. The van der Waals surface area contributed by atoms with Gasteiger partial charge in [0.2, 0.25) is 5.91 Å². The van der Waals surface area contributed by atoms with Crippen molar-refractivity contribution in [2.24, 2.45) is 29.4 Å². The van der Waals surface area contributed by atoms with E-state index in [4.69, 9.17) is 10.5 Å². The molecule has 4 aliphatic rings. The molecule has 0 aliphatic heterocycles. The third-order valence-corrected chi connectivity index (χ3v) is 10.1. The van der Waals surface area contributed by atoms with Crippen LogP contribution in [0.2, 0.25) is 0 Å². The summed E-state index contributed by atoms with van der Waals surface area (Å²) >= 11 is 0. The van der Waals surface area contributed by atoms with Crippen molar-refractivity contribution in [3.05, 3.63) is 70.9 Å². The number of benzene rings is 2. The molecule has 6 rings (SSSR count). The van der Waals surface area contributed by atoms with E-state index in [9.17, 15) is 39.3 Å². The van der Waals surface area contributed by atoms with Gasteiger partial charge in [-0.15, -0.1) is 0 Å². The first-order chi connectivity index (χ1) is 21.7. The first kappa shape index (κ1) is 31.3. The highest BCUT2D eigenvalue weighted by Gasteiger charge is 2.72. The van der Waals surface area contributed by atoms with Crippen LogP contribution in [0.15, 0.2) is 54.2 Å². The number of hydrogen-bond acceptors (Lipinski definition) is 11. The number of fused-ring (bicyclic) bond motifs is 3. The highest BCUT2D eigenvalue weighted by atomic mass is 16.5. The zero-order valence-electron chi connectivity index (χ0n) is 25.7. The Labute approximate surface area is 264 Å². The molecular formula is C34H35N3O9. The second-order valence-electron chi connectivity index (χ2n) is 12.7. The van der Waals surface area contributed by atoms with Gasteiger partial charge in [-0.2, -0.15) is 0 Å². The number of anilines is 1. The van der Waals surface area contributed by atoms with Crippen LogP contribution in [0.25, 0.3) is 5.57 Å². The molecule has 4 aliphatic carbocycles. The number of amides is 1. The van der Waals surface area contributed by atoms with E-state index in [1.54, 1.807) is 26.2 Å². The largest absolute Gasteiger partial charge is 0.505 e. The minimum atomic E-state index is -3.04. The summed E-state index contributed by atoms with van der Waals surface area (Å²) in [5.41, 5.74) is 5.38. The van der Waals surface area contributed by atoms with Gasteiger partial charge in [-0.1, -0.05) is 31.2 Å². The van der Waals surface area contributed by atoms with Crippen molar-refractivity contribution in [3.8, 4) is 11.5 Å². The van der Waals surface area contributed by atoms with E-state index in [0.717, 1.165) is 16.9 Å². The van der Waals surface area contributed by atoms with Crippen LogP contribution in [0.1, 0.15) is 40.7 Å². The monoisotopic (exact) mass is 629 g/mol. The van der Waals surface area contributed by atoms with Gasteiger partial charge >= 0.3 is 0 Å². The van der Waals surface area contributed by atoms with Gasteiger partial charge in [-0.3, -0.25) is 28.9 Å². The molecule has 6 N–H and O–H groups in total. The first-order valence-electron chi connectivity index (χ1n) is 14.9. The Balaban J connectivity index is 1.37. The van der Waals surface area contributed by atoms with Crippen molar-refractivity contribution >= 4 is 40.3 Å². The van der Waals surface area contributed by atoms with Gasteiger partial charge in [0, 0.05) is 11.6 Å². The van der Waals surface area contributed by atoms with Crippen LogP contribution in [-0.4, -0.2) is 88.2 Å². The average Bonchev–Trinajstić information content (AvgIpc) is 3.48. The molecule has 8 atom stereocenters. The molecule has 12 nitrogen and oxygen atoms in total. The number of primary amides is 1. The SMILES string of the molecule is COc1ccc(C2=CC(Nc3ccc4c(c3O)C(=O)C3C(=O)[C@]5(O)C(=O)C(C(N)=O)C(=O)[C@@H](N(C)C)[C@@H]5[C@@H](O)[C@@H]3[C@H]4C)=CC2)cc1. The van der Waals surface area contributed by atoms with Crippen molar-refractivity contribution in [1.29, 1.82) is 0 Å². The number of phenolic OH excluding ortho intramolecular Hbond substituents is 1. The maximum Gasteiger partial charge on any atom is 0.235 e. The summed E-state index contributed by atoms with van der Waals surface area (Å²) in [6.45, 7) is 1.67. The van der Waals surface area contributed by atoms with Crippen LogP contribution in [0.5, 0.6) is 11.5 Å². The van der Waals surface area contributed by atoms with E-state index in [1.807, 2.05) is 36.4 Å². The molecule has 2 saturated carbocycles. The molecule has 1 amide bonds. The van der Waals surface area contributed by atoms with Crippen molar-refractivity contribution < 1.29 is 44.0 Å². The Kier molecular flexibility index (Phi) is 7.50. The van der Waals surface area contributed by atoms with E-state index >= 15 is 0 Å². The van der Waals surface area contributed by atoms with Gasteiger partial charge in [0.05, 0.1) is 42.3 Å². The fourth-order valence-corrected chi connectivity index (χ4v) is 7.86. The molecule has 2 aromatic carbocycles. The predicted octanol–water partition coefficient (Wildman–Crippen LogP) is 1.19. The molecule has 240 valence electrons. The number of carbonyl (C=O) groups excluding carboxylic acids is 5. The number of nitrogens with zero attached hydrogens (tertiary/aromatic N) is 1. The lowest BCUT2D eigenvalue weighted by atomic mass is 9.49. The molecular weight excluding hydrogens is 594 g/mol. The number of aliphatic hydroxyl groups excluding tert-OH is 1. The molecule has 0 saturated heterocycles. The highest BCUT2D eigenvalue weighted by Crippen LogP contribution is 2.55. The number of likely N-dealkylation sites (N-methyl/N-ethyl adjacent to an activating group) is 1. The summed E-state index contributed by atoms with van der Waals surface area (Å²) in [4.78, 5) is 68.7. The number of ketones is 4. The van der Waals surface area contributed by atoms with Gasteiger partial charge in [-0.05, 0) is 67.4 Å². The molecule has 2 fully saturated rings. The predicted molar refractivity (Wildman–Crippen MR) is 165 cm³/mol. The summed E-state index contributed by atoms with van der Waals surface area (Å²) in [6.07, 6.45) is 2.76. The van der Waals surface area contributed by atoms with Crippen molar-refractivity contribution in [2.75, 3.05) is 26.5 Å². The van der Waals surface area contributed by atoms with Crippen molar-refractivity contribution in [3.63, 3.8) is 0 Å². The number of methoxy groups -OCH3 is 1. The number of ether oxygens (including phenoxy) is 1. The minimum Gasteiger partial charge on any atom is -0.505 e. The first-order valence-corrected chi connectivity index (χ1v) is 14.9. The fraction of sp³-hybridized carbons (Fsp3) is 0.382. The van der Waals surface area contributed by atoms with Gasteiger partial charge in [0.15, 0.2) is 34.7 Å². The van der Waals surface area contributed by atoms with Crippen LogP contribution in [0, 0.1) is 23.7 Å². The van der Waals surface area contributed by atoms with Gasteiger partial charge in [0.1, 0.15) is 11.5 Å². The summed E-state index contributed by atoms with van der Waals surface area (Å²) in [7, 11) is 4.49. The molecule has 0 aromatic heterocycles. The van der Waals surface area contributed by atoms with Crippen molar-refractivity contribution in [2.45, 2.75) is 37.0 Å². The Morgan fingerprint density at radius 1 is 1.07 bits per heavy atom. The molecule has 0 heterocycles. The average molecular weight is 630 g/mol. The number of nitrogens with two attached hydrogens (primary N) is 1. The standard InChI is InChI=1S/C34H35N3O9/c1-14-19-11-12-20(36-17-8-5-16(13-17)15-6-9-18(46-4)10-7-15)27(38)22(19)28(39)23-21(14)29(40)25-26(37(2)3)30(41)24(33(35)44)32(43)34(25,45)31(23)42/h6-14,21,23-26,29,36,38,40,45H,5H2,1-4H3,(H2,35,44)/t14-,21+,23?,24?,25+,26-,29-,34-/m0/s1. The second-order valence-corrected chi connectivity index (χ2v) is 12.7. The van der Waals surface area contributed by atoms with E-state index < -0.39 is 82.1 Å². The van der Waals surface area contributed by atoms with E-state index in [0.29, 0.717) is 17.7 Å². The zero-order chi connectivity index (χ0) is 33.4. The van der Waals surface area contributed by atoms with Crippen LogP contribution >= 0.6 is 0 Å². The lowest BCUT2D eigenvalue weighted by Crippen LogP contribution is -2.77. The van der Waals surface area contributed by atoms with E-state index in [-0.39, 0.29) is 11.3 Å². The normalized spacial score (nSPS) is 31.9. The number of nitrogens with one attached hydrogen (secondary N) is 1. The molecule has 12 heteroatoms. The Hall–Kier alpha value is -4.65. The number of aromatic hydroxyl groups is 1. The maximum absolute atomic E-state index is 14.2. The number of Topliss-reactive ketones (excluding diaryl/α,β-unsaturated/α-hetero) is 4. The minimum absolute atomic E-state index is 0.172. The molecule has 0 spiro atoms. The number of allylic oxidation sites excluding steroid dienone is 3. The Morgan fingerprint density at radius 3 is 2.35 bits per heavy atom. The Bertz CT molecular complexity index is 1760. The summed E-state index contributed by atoms with van der Waals surface area (Å²) in [6, 6.07) is 9.38. The number of phenols is 1. The number of hydrogen-bond donors (Lipinski definition) is 5. The second kappa shape index (κ2) is 11.0. The van der Waals surface area contributed by atoms with Gasteiger partial charge in [0.25, 0.3) is 0 Å². The Morgan fingerprint density at radius 2 is 1.74 bits per heavy atom. The topological polar surface area (TPSA) is 197 Å². The quantitative estimate of drug-likeness (QED) is 0.227. The smallest absolute Gasteiger partial charge is 0.235 e. The third-order valence-electron chi connectivity index (χ3n) is 10.1. The summed E-state index contributed by atoms with van der Waals surface area (Å²) in [5, 5.41) is 38.1. The van der Waals surface area contributed by atoms with Crippen molar-refractivity contribution in [1.82, 2.24) is 4.90 Å². The van der Waals surface area contributed by atoms with Crippen LogP contribution < -0.4 is 15.8 Å². The third kappa shape index (κ3) is 4.35. The zero-order valence-corrected chi connectivity index (χ0v) is 25.7. The molecule has 0 bridgehead atoms. The highest BCUT2D eigenvalue weighted by molar-refractivity contribution is 6.32. The number of aliphatic hydroxyl groups is 2. The van der Waals surface area contributed by atoms with Crippen LogP contribution in [0.3, 0.4) is 0 Å². The fourth-order valence-electron chi connectivity index (χ4n) is 7.86. The number of rotatable bonds is 6. The van der Waals surface area contributed by atoms with E-state index in [2.05, 4.69) is 5.32 Å². The van der Waals surface area contributed by atoms with Crippen LogP contribution in [-0.2, 0) is 19.2 Å². The van der Waals surface area contributed by atoms with E-state index in [1.165, 1.54) is 19.0 Å². The van der Waals surface area contributed by atoms with Gasteiger partial charge in [-0.25, -0.2) is 0 Å². The summed E-state index contributed by atoms with van der Waals surface area (Å²) < 4.78 is 5.22. The summed E-state index contributed by atoms with van der Waals surface area (Å²) in [5.74, 6) is -12.9. The molecule has 2 unspecified atom stereocenters. The molecule has 0 radical (unpaired) electrons.